The minimum absolute atomic E-state index is 0.118. The quantitative estimate of drug-likeness (QED) is 0.804. The Labute approximate surface area is 85.1 Å². The summed E-state index contributed by atoms with van der Waals surface area (Å²) in [5, 5.41) is 2.97. The predicted molar refractivity (Wildman–Crippen MR) is 58.8 cm³/mol. The summed E-state index contributed by atoms with van der Waals surface area (Å²) in [7, 11) is 1.83. The fourth-order valence-corrected chi connectivity index (χ4v) is 0.898. The van der Waals surface area contributed by atoms with Gasteiger partial charge in [-0.05, 0) is 12.1 Å². The van der Waals surface area contributed by atoms with E-state index in [0.29, 0.717) is 5.75 Å². The summed E-state index contributed by atoms with van der Waals surface area (Å²) < 4.78 is 16.8. The van der Waals surface area contributed by atoms with Crippen molar-refractivity contribution in [2.45, 2.75) is 13.8 Å². The predicted octanol–water partition coefficient (Wildman–Crippen LogP) is 3.10. The van der Waals surface area contributed by atoms with E-state index in [0.717, 1.165) is 5.69 Å². The van der Waals surface area contributed by atoms with Crippen LogP contribution in [0.25, 0.3) is 0 Å². The van der Waals surface area contributed by atoms with Gasteiger partial charge < -0.3 is 10.1 Å². The maximum absolute atomic E-state index is 11.7. The van der Waals surface area contributed by atoms with Gasteiger partial charge in [-0.2, -0.15) is 0 Å². The average molecular weight is 199 g/mol. The van der Waals surface area contributed by atoms with Gasteiger partial charge in [0.15, 0.2) is 0 Å². The van der Waals surface area contributed by atoms with Crippen LogP contribution >= 0.6 is 0 Å². The Kier molecular flexibility index (Phi) is 7.61. The molecular weight excluding hydrogens is 181 g/mol. The fourth-order valence-electron chi connectivity index (χ4n) is 0.898. The summed E-state index contributed by atoms with van der Waals surface area (Å²) in [6.07, 6.45) is 0. The SMILES string of the molecule is CC.CNc1cccc(OCCF)c1. The second-order valence-electron chi connectivity index (χ2n) is 2.32. The molecule has 0 heterocycles. The van der Waals surface area contributed by atoms with Crippen LogP contribution in [-0.4, -0.2) is 20.3 Å². The van der Waals surface area contributed by atoms with Gasteiger partial charge in [-0.25, -0.2) is 4.39 Å². The van der Waals surface area contributed by atoms with Gasteiger partial charge >= 0.3 is 0 Å². The molecule has 0 aromatic heterocycles. The lowest BCUT2D eigenvalue weighted by atomic mass is 10.3. The minimum Gasteiger partial charge on any atom is -0.491 e. The van der Waals surface area contributed by atoms with Crippen molar-refractivity contribution in [2.24, 2.45) is 0 Å². The zero-order valence-corrected chi connectivity index (χ0v) is 9.01. The number of anilines is 1. The van der Waals surface area contributed by atoms with Gasteiger partial charge in [0.25, 0.3) is 0 Å². The number of rotatable bonds is 4. The first kappa shape index (κ1) is 12.8. The first-order chi connectivity index (χ1) is 6.86. The molecule has 0 radical (unpaired) electrons. The normalized spacial score (nSPS) is 8.57. The molecule has 0 bridgehead atoms. The first-order valence-corrected chi connectivity index (χ1v) is 4.83. The van der Waals surface area contributed by atoms with E-state index in [4.69, 9.17) is 4.74 Å². The average Bonchev–Trinajstić information content (AvgIpc) is 2.29. The Morgan fingerprint density at radius 3 is 2.64 bits per heavy atom. The molecule has 3 heteroatoms. The molecule has 1 aromatic rings. The fraction of sp³-hybridized carbons (Fsp3) is 0.455. The van der Waals surface area contributed by atoms with Gasteiger partial charge in [-0.1, -0.05) is 19.9 Å². The summed E-state index contributed by atoms with van der Waals surface area (Å²) in [6, 6.07) is 7.41. The summed E-state index contributed by atoms with van der Waals surface area (Å²) in [5.41, 5.74) is 0.964. The Hall–Kier alpha value is -1.25. The molecule has 0 fully saturated rings. The highest BCUT2D eigenvalue weighted by Crippen LogP contribution is 2.16. The zero-order chi connectivity index (χ0) is 10.8. The Morgan fingerprint density at radius 1 is 1.36 bits per heavy atom. The van der Waals surface area contributed by atoms with Crippen LogP contribution in [0.5, 0.6) is 5.75 Å². The molecule has 14 heavy (non-hydrogen) atoms. The number of halogens is 1. The van der Waals surface area contributed by atoms with Gasteiger partial charge in [0.1, 0.15) is 19.0 Å². The van der Waals surface area contributed by atoms with Crippen LogP contribution in [-0.2, 0) is 0 Å². The summed E-state index contributed by atoms with van der Waals surface area (Å²) in [6.45, 7) is 3.66. The van der Waals surface area contributed by atoms with E-state index in [2.05, 4.69) is 5.32 Å². The van der Waals surface area contributed by atoms with Crippen molar-refractivity contribution < 1.29 is 9.13 Å². The van der Waals surface area contributed by atoms with Crippen molar-refractivity contribution in [3.8, 4) is 5.75 Å². The molecular formula is C11H18FNO. The molecule has 1 N–H and O–H groups in total. The number of alkyl halides is 1. The van der Waals surface area contributed by atoms with Crippen molar-refractivity contribution in [1.29, 1.82) is 0 Å². The zero-order valence-electron chi connectivity index (χ0n) is 9.01. The van der Waals surface area contributed by atoms with Gasteiger partial charge in [0.05, 0.1) is 0 Å². The molecule has 0 saturated carbocycles. The smallest absolute Gasteiger partial charge is 0.123 e. The van der Waals surface area contributed by atoms with Crippen molar-refractivity contribution in [2.75, 3.05) is 25.6 Å². The van der Waals surface area contributed by atoms with Crippen LogP contribution in [0.4, 0.5) is 10.1 Å². The topological polar surface area (TPSA) is 21.3 Å². The van der Waals surface area contributed by atoms with Crippen molar-refractivity contribution in [3.05, 3.63) is 24.3 Å². The lowest BCUT2D eigenvalue weighted by Crippen LogP contribution is -1.98. The Morgan fingerprint density at radius 2 is 2.07 bits per heavy atom. The van der Waals surface area contributed by atoms with E-state index in [9.17, 15) is 4.39 Å². The van der Waals surface area contributed by atoms with Crippen molar-refractivity contribution in [1.82, 2.24) is 0 Å². The van der Waals surface area contributed by atoms with Crippen LogP contribution in [0.15, 0.2) is 24.3 Å². The molecule has 0 spiro atoms. The number of ether oxygens (including phenoxy) is 1. The van der Waals surface area contributed by atoms with E-state index < -0.39 is 6.67 Å². The Balaban J connectivity index is 0.000000791. The largest absolute Gasteiger partial charge is 0.491 e. The molecule has 0 aliphatic carbocycles. The second kappa shape index (κ2) is 8.35. The maximum atomic E-state index is 11.7. The van der Waals surface area contributed by atoms with E-state index in [1.165, 1.54) is 0 Å². The van der Waals surface area contributed by atoms with E-state index in [1.807, 2.05) is 39.1 Å². The Bertz CT molecular complexity index is 240. The number of hydrogen-bond acceptors (Lipinski definition) is 2. The third-order valence-electron chi connectivity index (χ3n) is 1.47. The third kappa shape index (κ3) is 4.70. The lowest BCUT2D eigenvalue weighted by Gasteiger charge is -2.05. The second-order valence-corrected chi connectivity index (χ2v) is 2.32. The summed E-state index contributed by atoms with van der Waals surface area (Å²) >= 11 is 0. The lowest BCUT2D eigenvalue weighted by molar-refractivity contribution is 0.273. The minimum atomic E-state index is -0.455. The van der Waals surface area contributed by atoms with Gasteiger partial charge in [-0.15, -0.1) is 0 Å². The van der Waals surface area contributed by atoms with Crippen LogP contribution < -0.4 is 10.1 Å². The van der Waals surface area contributed by atoms with E-state index in [1.54, 1.807) is 6.07 Å². The molecule has 80 valence electrons. The first-order valence-electron chi connectivity index (χ1n) is 4.83. The number of hydrogen-bond donors (Lipinski definition) is 1. The molecule has 1 rings (SSSR count). The molecule has 0 saturated heterocycles. The molecule has 0 atom stereocenters. The number of nitrogens with one attached hydrogen (secondary N) is 1. The highest BCUT2D eigenvalue weighted by molar-refractivity contribution is 5.47. The molecule has 2 nitrogen and oxygen atoms in total. The highest BCUT2D eigenvalue weighted by atomic mass is 19.1. The standard InChI is InChI=1S/C9H12FNO.C2H6/c1-11-8-3-2-4-9(7-8)12-6-5-10;1-2/h2-4,7,11H,5-6H2,1H3;1-2H3. The van der Waals surface area contributed by atoms with Crippen LogP contribution in [0.3, 0.4) is 0 Å². The molecule has 0 amide bonds. The maximum Gasteiger partial charge on any atom is 0.123 e. The van der Waals surface area contributed by atoms with Crippen molar-refractivity contribution >= 4 is 5.69 Å². The molecule has 1 aromatic carbocycles. The monoisotopic (exact) mass is 199 g/mol. The molecule has 0 unspecified atom stereocenters. The highest BCUT2D eigenvalue weighted by Gasteiger charge is 1.93. The van der Waals surface area contributed by atoms with Crippen molar-refractivity contribution in [3.63, 3.8) is 0 Å². The van der Waals surface area contributed by atoms with Gasteiger partial charge in [-0.3, -0.25) is 0 Å². The van der Waals surface area contributed by atoms with E-state index >= 15 is 0 Å². The number of benzene rings is 1. The van der Waals surface area contributed by atoms with E-state index in [-0.39, 0.29) is 6.61 Å². The molecule has 0 aliphatic heterocycles. The van der Waals surface area contributed by atoms with Gasteiger partial charge in [0, 0.05) is 18.8 Å². The summed E-state index contributed by atoms with van der Waals surface area (Å²) in [5.74, 6) is 0.694. The third-order valence-corrected chi connectivity index (χ3v) is 1.47. The van der Waals surface area contributed by atoms with Crippen LogP contribution in [0.2, 0.25) is 0 Å². The van der Waals surface area contributed by atoms with Crippen LogP contribution in [0, 0.1) is 0 Å². The molecule has 0 aliphatic rings. The summed E-state index contributed by atoms with van der Waals surface area (Å²) in [4.78, 5) is 0. The van der Waals surface area contributed by atoms with Crippen LogP contribution in [0.1, 0.15) is 13.8 Å². The van der Waals surface area contributed by atoms with Gasteiger partial charge in [0.2, 0.25) is 0 Å².